The molecule has 0 unspecified atom stereocenters. The summed E-state index contributed by atoms with van der Waals surface area (Å²) in [5.41, 5.74) is 1.05. The second-order valence-electron chi connectivity index (χ2n) is 6.80. The van der Waals surface area contributed by atoms with Crippen LogP contribution in [0.15, 0.2) is 12.1 Å². The van der Waals surface area contributed by atoms with Crippen molar-refractivity contribution < 1.29 is 20.0 Å². The number of hydrogen-bond donors (Lipinski definition) is 2. The van der Waals surface area contributed by atoms with E-state index in [-0.39, 0.29) is 22.1 Å². The van der Waals surface area contributed by atoms with E-state index in [0.29, 0.717) is 5.56 Å². The molecular formula is C15H22O4. The summed E-state index contributed by atoms with van der Waals surface area (Å²) < 4.78 is 0. The standard InChI is InChI=1S/C15H22O4/c1-14(2,3)9-7-10(13(16)17)12(19-18)11(8-9)15(4,5)6/h7-8,18H,1-6H3,(H,16,17). The molecule has 0 saturated heterocycles. The van der Waals surface area contributed by atoms with Gasteiger partial charge in [0.05, 0.1) is 0 Å². The third-order valence-corrected chi connectivity index (χ3v) is 3.08. The molecule has 0 aliphatic heterocycles. The topological polar surface area (TPSA) is 66.8 Å². The van der Waals surface area contributed by atoms with Gasteiger partial charge in [0.2, 0.25) is 0 Å². The van der Waals surface area contributed by atoms with Gasteiger partial charge in [-0.05, 0) is 22.5 Å². The summed E-state index contributed by atoms with van der Waals surface area (Å²) in [4.78, 5) is 15.7. The quantitative estimate of drug-likeness (QED) is 0.630. The first-order chi connectivity index (χ1) is 8.48. The number of rotatable bonds is 2. The fourth-order valence-electron chi connectivity index (χ4n) is 1.88. The molecule has 106 valence electrons. The third kappa shape index (κ3) is 3.26. The molecule has 2 N–H and O–H groups in total. The van der Waals surface area contributed by atoms with Crippen LogP contribution in [0, 0.1) is 0 Å². The maximum atomic E-state index is 11.3. The van der Waals surface area contributed by atoms with E-state index in [4.69, 9.17) is 5.26 Å². The van der Waals surface area contributed by atoms with Crippen LogP contribution in [0.3, 0.4) is 0 Å². The average molecular weight is 266 g/mol. The molecule has 0 aromatic heterocycles. The van der Waals surface area contributed by atoms with Gasteiger partial charge in [-0.2, -0.15) is 0 Å². The Morgan fingerprint density at radius 1 is 1.05 bits per heavy atom. The van der Waals surface area contributed by atoms with E-state index in [1.165, 1.54) is 0 Å². The van der Waals surface area contributed by atoms with Crippen molar-refractivity contribution in [3.63, 3.8) is 0 Å². The van der Waals surface area contributed by atoms with Gasteiger partial charge < -0.3 is 9.99 Å². The molecule has 0 fully saturated rings. The van der Waals surface area contributed by atoms with E-state index in [2.05, 4.69) is 4.89 Å². The molecule has 19 heavy (non-hydrogen) atoms. The van der Waals surface area contributed by atoms with Crippen LogP contribution in [0.1, 0.15) is 63.0 Å². The van der Waals surface area contributed by atoms with Crippen molar-refractivity contribution in [2.75, 3.05) is 0 Å². The first-order valence-corrected chi connectivity index (χ1v) is 6.22. The van der Waals surface area contributed by atoms with E-state index in [1.807, 2.05) is 47.6 Å². The largest absolute Gasteiger partial charge is 0.478 e. The van der Waals surface area contributed by atoms with Crippen molar-refractivity contribution >= 4 is 5.97 Å². The fraction of sp³-hybridized carbons (Fsp3) is 0.533. The lowest BCUT2D eigenvalue weighted by molar-refractivity contribution is -0.139. The Balaban J connectivity index is 3.70. The lowest BCUT2D eigenvalue weighted by Gasteiger charge is -2.27. The van der Waals surface area contributed by atoms with Crippen LogP contribution >= 0.6 is 0 Å². The molecule has 1 rings (SSSR count). The van der Waals surface area contributed by atoms with Crippen LogP contribution in [-0.2, 0) is 10.8 Å². The number of benzene rings is 1. The highest BCUT2D eigenvalue weighted by molar-refractivity contribution is 5.92. The third-order valence-electron chi connectivity index (χ3n) is 3.08. The number of hydrogen-bond acceptors (Lipinski definition) is 3. The van der Waals surface area contributed by atoms with Crippen LogP contribution in [0.2, 0.25) is 0 Å². The predicted molar refractivity (Wildman–Crippen MR) is 74.1 cm³/mol. The van der Waals surface area contributed by atoms with Gasteiger partial charge in [0, 0.05) is 5.56 Å². The molecule has 0 aliphatic rings. The second-order valence-corrected chi connectivity index (χ2v) is 6.80. The number of carboxylic acid groups (broad SMARTS) is 1. The molecule has 0 saturated carbocycles. The molecule has 4 heteroatoms. The number of aromatic carboxylic acids is 1. The fourth-order valence-corrected chi connectivity index (χ4v) is 1.88. The van der Waals surface area contributed by atoms with E-state index in [9.17, 15) is 9.90 Å². The lowest BCUT2D eigenvalue weighted by atomic mass is 9.79. The SMILES string of the molecule is CC(C)(C)c1cc(C(=O)O)c(OO)c(C(C)(C)C)c1. The predicted octanol–water partition coefficient (Wildman–Crippen LogP) is 3.83. The zero-order valence-corrected chi connectivity index (χ0v) is 12.4. The van der Waals surface area contributed by atoms with Gasteiger partial charge >= 0.3 is 5.97 Å². The maximum Gasteiger partial charge on any atom is 0.339 e. The van der Waals surface area contributed by atoms with Gasteiger partial charge in [-0.25, -0.2) is 10.1 Å². The van der Waals surface area contributed by atoms with Crippen molar-refractivity contribution in [1.82, 2.24) is 0 Å². The average Bonchev–Trinajstić information content (AvgIpc) is 2.24. The minimum absolute atomic E-state index is 0.0140. The first-order valence-electron chi connectivity index (χ1n) is 6.22. The molecule has 0 radical (unpaired) electrons. The van der Waals surface area contributed by atoms with E-state index >= 15 is 0 Å². The number of carboxylic acids is 1. The molecule has 1 aromatic rings. The summed E-state index contributed by atoms with van der Waals surface area (Å²) in [6.45, 7) is 11.9. The molecule has 0 bridgehead atoms. The Labute approximate surface area is 114 Å². The Bertz CT molecular complexity index is 490. The Hall–Kier alpha value is -1.55. The molecule has 0 spiro atoms. The molecule has 0 atom stereocenters. The highest BCUT2D eigenvalue weighted by Gasteiger charge is 2.28. The zero-order chi connectivity index (χ0) is 15.0. The summed E-state index contributed by atoms with van der Waals surface area (Å²) in [6, 6.07) is 3.46. The normalized spacial score (nSPS) is 12.4. The van der Waals surface area contributed by atoms with Gasteiger partial charge in [-0.3, -0.25) is 0 Å². The Morgan fingerprint density at radius 3 is 1.89 bits per heavy atom. The van der Waals surface area contributed by atoms with Gasteiger partial charge in [0.25, 0.3) is 0 Å². The smallest absolute Gasteiger partial charge is 0.339 e. The molecule has 0 heterocycles. The van der Waals surface area contributed by atoms with Crippen molar-refractivity contribution in [3.05, 3.63) is 28.8 Å². The van der Waals surface area contributed by atoms with Gasteiger partial charge in [0.15, 0.2) is 5.75 Å². The van der Waals surface area contributed by atoms with Gasteiger partial charge in [0.1, 0.15) is 5.56 Å². The molecule has 0 aliphatic carbocycles. The van der Waals surface area contributed by atoms with Crippen molar-refractivity contribution in [2.45, 2.75) is 52.4 Å². The second kappa shape index (κ2) is 4.85. The summed E-state index contributed by atoms with van der Waals surface area (Å²) >= 11 is 0. The lowest BCUT2D eigenvalue weighted by Crippen LogP contribution is -2.20. The Kier molecular flexibility index (Phi) is 3.96. The zero-order valence-electron chi connectivity index (χ0n) is 12.4. The molecule has 4 nitrogen and oxygen atoms in total. The maximum absolute atomic E-state index is 11.3. The van der Waals surface area contributed by atoms with Crippen LogP contribution in [0.25, 0.3) is 0 Å². The summed E-state index contributed by atoms with van der Waals surface area (Å²) in [5.74, 6) is -1.09. The van der Waals surface area contributed by atoms with Crippen LogP contribution in [0.5, 0.6) is 5.75 Å². The summed E-state index contributed by atoms with van der Waals surface area (Å²) in [5, 5.41) is 18.3. The van der Waals surface area contributed by atoms with E-state index in [0.717, 1.165) is 5.56 Å². The summed E-state index contributed by atoms with van der Waals surface area (Å²) in [6.07, 6.45) is 0. The van der Waals surface area contributed by atoms with Crippen molar-refractivity contribution in [1.29, 1.82) is 0 Å². The van der Waals surface area contributed by atoms with Crippen molar-refractivity contribution in [3.8, 4) is 5.75 Å². The highest BCUT2D eigenvalue weighted by Crippen LogP contribution is 2.38. The van der Waals surface area contributed by atoms with E-state index < -0.39 is 5.97 Å². The highest BCUT2D eigenvalue weighted by atomic mass is 17.1. The van der Waals surface area contributed by atoms with Crippen LogP contribution in [-0.4, -0.2) is 16.3 Å². The summed E-state index contributed by atoms with van der Waals surface area (Å²) in [7, 11) is 0. The minimum atomic E-state index is -1.11. The van der Waals surface area contributed by atoms with Crippen LogP contribution < -0.4 is 4.89 Å². The molecule has 1 aromatic carbocycles. The number of carbonyl (C=O) groups is 1. The molecular weight excluding hydrogens is 244 g/mol. The van der Waals surface area contributed by atoms with Gasteiger partial charge in [-0.15, -0.1) is 0 Å². The first kappa shape index (κ1) is 15.5. The van der Waals surface area contributed by atoms with Crippen LogP contribution in [0.4, 0.5) is 0 Å². The van der Waals surface area contributed by atoms with Crippen molar-refractivity contribution in [2.24, 2.45) is 0 Å². The monoisotopic (exact) mass is 266 g/mol. The van der Waals surface area contributed by atoms with E-state index in [1.54, 1.807) is 6.07 Å². The minimum Gasteiger partial charge on any atom is -0.478 e. The Morgan fingerprint density at radius 2 is 1.58 bits per heavy atom. The van der Waals surface area contributed by atoms with Gasteiger partial charge in [-0.1, -0.05) is 47.6 Å². The molecule has 0 amide bonds.